The van der Waals surface area contributed by atoms with Gasteiger partial charge in [0.05, 0.1) is 29.8 Å². The van der Waals surface area contributed by atoms with Crippen LogP contribution < -0.4 is 15.4 Å². The van der Waals surface area contributed by atoms with Crippen molar-refractivity contribution in [1.82, 2.24) is 20.6 Å². The van der Waals surface area contributed by atoms with Crippen LogP contribution in [0.15, 0.2) is 57.8 Å². The number of ether oxygens (including phenoxy) is 1. The van der Waals surface area contributed by atoms with E-state index >= 15 is 0 Å². The first-order valence-electron chi connectivity index (χ1n) is 14.8. The molecule has 10 nitrogen and oxygen atoms in total. The van der Waals surface area contributed by atoms with Crippen LogP contribution in [0.5, 0.6) is 5.88 Å². The van der Waals surface area contributed by atoms with E-state index in [0.29, 0.717) is 35.4 Å². The second-order valence-electron chi connectivity index (χ2n) is 9.98. The quantitative estimate of drug-likeness (QED) is 0.0979. The molecule has 240 valence electrons. The Kier molecular flexibility index (Phi) is 17.3. The summed E-state index contributed by atoms with van der Waals surface area (Å²) in [6.45, 7) is 19.8. The van der Waals surface area contributed by atoms with Crippen LogP contribution in [-0.4, -0.2) is 59.5 Å². The highest BCUT2D eigenvalue weighted by Crippen LogP contribution is 2.40. The van der Waals surface area contributed by atoms with E-state index in [1.54, 1.807) is 19.4 Å². The smallest absolute Gasteiger partial charge is 0.315 e. The van der Waals surface area contributed by atoms with Crippen LogP contribution in [0.4, 0.5) is 10.5 Å². The lowest BCUT2D eigenvalue weighted by Crippen LogP contribution is -2.34. The summed E-state index contributed by atoms with van der Waals surface area (Å²) in [5.74, 6) is 0.171. The third-order valence-corrected chi connectivity index (χ3v) is 7.82. The van der Waals surface area contributed by atoms with Crippen LogP contribution in [0.2, 0.25) is 0 Å². The maximum absolute atomic E-state index is 11.8. The Morgan fingerprint density at radius 2 is 1.80 bits per heavy atom. The first-order chi connectivity index (χ1) is 21.1. The van der Waals surface area contributed by atoms with E-state index in [9.17, 15) is 9.59 Å². The minimum absolute atomic E-state index is 0.234. The molecule has 0 bridgehead atoms. The number of carbonyl (C=O) groups is 2. The number of rotatable bonds is 16. The number of thioether (sulfide) groups is 1. The first kappa shape index (κ1) is 38.0. The lowest BCUT2D eigenvalue weighted by Gasteiger charge is -2.27. The Labute approximate surface area is 266 Å². The topological polar surface area (TPSA) is 138 Å². The maximum atomic E-state index is 11.8. The largest absolute Gasteiger partial charge is 0.481 e. The summed E-state index contributed by atoms with van der Waals surface area (Å²) in [5.41, 5.74) is 4.21. The van der Waals surface area contributed by atoms with Gasteiger partial charge in [-0.05, 0) is 70.0 Å². The summed E-state index contributed by atoms with van der Waals surface area (Å²) in [6, 6.07) is 5.46. The van der Waals surface area contributed by atoms with Crippen LogP contribution in [0, 0.1) is 5.41 Å². The molecule has 1 aromatic heterocycles. The minimum Gasteiger partial charge on any atom is -0.481 e. The molecule has 11 heteroatoms. The molecule has 2 amide bonds. The molecule has 0 atom stereocenters. The fourth-order valence-electron chi connectivity index (χ4n) is 4.53. The number of urea groups is 1. The van der Waals surface area contributed by atoms with Gasteiger partial charge >= 0.3 is 12.0 Å². The number of nitrogens with one attached hydrogen (secondary N) is 2. The number of nitrogens with zero attached hydrogens (tertiary/aromatic N) is 4. The number of carbonyl (C=O) groups excluding carboxylic acids is 1. The van der Waals surface area contributed by atoms with Gasteiger partial charge < -0.3 is 20.5 Å². The van der Waals surface area contributed by atoms with Crippen LogP contribution in [-0.2, 0) is 4.79 Å². The molecule has 0 radical (unpaired) electrons. The lowest BCUT2D eigenvalue weighted by molar-refractivity contribution is -0.150. The Morgan fingerprint density at radius 1 is 1.11 bits per heavy atom. The van der Waals surface area contributed by atoms with Crippen molar-refractivity contribution in [3.8, 4) is 17.1 Å². The van der Waals surface area contributed by atoms with Crippen LogP contribution >= 0.6 is 11.8 Å². The van der Waals surface area contributed by atoms with E-state index in [1.807, 2.05) is 59.8 Å². The molecule has 0 aliphatic rings. The molecule has 1 heterocycles. The van der Waals surface area contributed by atoms with Gasteiger partial charge in [0.1, 0.15) is 6.33 Å². The zero-order valence-electron chi connectivity index (χ0n) is 27.2. The van der Waals surface area contributed by atoms with Crippen LogP contribution in [0.25, 0.3) is 16.8 Å². The first-order valence-corrected chi connectivity index (χ1v) is 15.8. The van der Waals surface area contributed by atoms with Crippen molar-refractivity contribution in [2.75, 3.05) is 19.5 Å². The molecule has 2 rings (SSSR count). The van der Waals surface area contributed by atoms with Crippen molar-refractivity contribution in [3.63, 3.8) is 0 Å². The summed E-state index contributed by atoms with van der Waals surface area (Å²) < 4.78 is 5.27. The van der Waals surface area contributed by atoms with Crippen molar-refractivity contribution in [3.05, 3.63) is 48.4 Å². The SMILES string of the molecule is C=Nc1cc(/C(C=NC(=C)C)=C/C)cc(-c2cc(OC)ncn2)c1SCNC(=O)NCC.CCCC(CC)(CCC)C(=O)O. The van der Waals surface area contributed by atoms with Crippen molar-refractivity contribution < 1.29 is 19.4 Å². The Hall–Kier alpha value is -3.99. The lowest BCUT2D eigenvalue weighted by atomic mass is 9.77. The van der Waals surface area contributed by atoms with Crippen LogP contribution in [0.3, 0.4) is 0 Å². The summed E-state index contributed by atoms with van der Waals surface area (Å²) in [7, 11) is 1.55. The third kappa shape index (κ3) is 11.6. The molecule has 0 fully saturated rings. The fraction of sp³-hybridized carbons (Fsp3) is 0.455. The summed E-state index contributed by atoms with van der Waals surface area (Å²) in [6.07, 6.45) is 9.47. The highest BCUT2D eigenvalue weighted by Gasteiger charge is 2.34. The number of allylic oxidation sites excluding steroid dienone is 3. The molecule has 1 aromatic carbocycles. The van der Waals surface area contributed by atoms with Gasteiger partial charge in [-0.25, -0.2) is 14.8 Å². The molecule has 3 N–H and O–H groups in total. The number of hydrogen-bond acceptors (Lipinski definition) is 8. The highest BCUT2D eigenvalue weighted by molar-refractivity contribution is 7.99. The molecule has 0 aliphatic carbocycles. The normalized spacial score (nSPS) is 11.4. The third-order valence-electron chi connectivity index (χ3n) is 6.81. The van der Waals surface area contributed by atoms with Gasteiger partial charge in [0.15, 0.2) is 0 Å². The Bertz CT molecular complexity index is 1320. The van der Waals surface area contributed by atoms with E-state index in [4.69, 9.17) is 9.84 Å². The van der Waals surface area contributed by atoms with Gasteiger partial charge in [-0.1, -0.05) is 46.3 Å². The number of amides is 2. The number of carboxylic acids is 1. The average molecular weight is 625 g/mol. The molecular weight excluding hydrogens is 576 g/mol. The zero-order valence-corrected chi connectivity index (χ0v) is 28.0. The van der Waals surface area contributed by atoms with Gasteiger partial charge in [0.2, 0.25) is 5.88 Å². The summed E-state index contributed by atoms with van der Waals surface area (Å²) >= 11 is 1.43. The number of carboxylic acid groups (broad SMARTS) is 1. The van der Waals surface area contributed by atoms with Crippen molar-refractivity contribution in [2.45, 2.75) is 78.5 Å². The van der Waals surface area contributed by atoms with E-state index in [2.05, 4.69) is 43.9 Å². The van der Waals surface area contributed by atoms with Gasteiger partial charge in [-0.15, -0.1) is 11.8 Å². The predicted octanol–water partition coefficient (Wildman–Crippen LogP) is 7.93. The minimum atomic E-state index is -0.617. The predicted molar refractivity (Wildman–Crippen MR) is 183 cm³/mol. The number of aromatic nitrogens is 2. The van der Waals surface area contributed by atoms with Gasteiger partial charge in [-0.3, -0.25) is 14.8 Å². The molecule has 0 aliphatic heterocycles. The molecule has 0 saturated heterocycles. The number of benzene rings is 1. The Morgan fingerprint density at radius 3 is 2.30 bits per heavy atom. The summed E-state index contributed by atoms with van der Waals surface area (Å²) in [4.78, 5) is 40.8. The molecule has 2 aromatic rings. The maximum Gasteiger partial charge on any atom is 0.315 e. The Balaban J connectivity index is 0.000000681. The van der Waals surface area contributed by atoms with E-state index in [0.717, 1.165) is 53.7 Å². The van der Waals surface area contributed by atoms with Gasteiger partial charge in [0.25, 0.3) is 0 Å². The number of methoxy groups -OCH3 is 1. The number of aliphatic imine (C=N–C) groups is 2. The second kappa shape index (κ2) is 20.1. The fourth-order valence-corrected chi connectivity index (χ4v) is 5.47. The standard InChI is InChI=1S/C23H28N6O2S.C10H20O2/c1-7-16(12-26-15(3)4)17-9-18(19-11-21(31-6)28-13-27-19)22(20(10-17)24-5)32-14-29-23(30)25-8-2;1-4-7-10(6-3,8-5-2)9(11)12/h7,9-13H,3,5,8,14H2,1-2,4,6H3,(H2,25,29,30);4-8H2,1-3H3,(H,11,12)/b16-7+,26-12?;. The highest BCUT2D eigenvalue weighted by atomic mass is 32.2. The molecule has 0 spiro atoms. The van der Waals surface area contributed by atoms with E-state index in [-0.39, 0.29) is 6.03 Å². The second-order valence-corrected chi connectivity index (χ2v) is 11.0. The van der Waals surface area contributed by atoms with Gasteiger partial charge in [-0.2, -0.15) is 0 Å². The molecule has 0 unspecified atom stereocenters. The monoisotopic (exact) mass is 624 g/mol. The molecular formula is C33H48N6O4S. The van der Waals surface area contributed by atoms with Gasteiger partial charge in [0, 0.05) is 35.0 Å². The van der Waals surface area contributed by atoms with E-state index in [1.165, 1.54) is 18.1 Å². The van der Waals surface area contributed by atoms with Crippen molar-refractivity contribution in [1.29, 1.82) is 0 Å². The molecule has 0 saturated carbocycles. The average Bonchev–Trinajstić information content (AvgIpc) is 3.01. The van der Waals surface area contributed by atoms with Crippen molar-refractivity contribution in [2.24, 2.45) is 15.4 Å². The van der Waals surface area contributed by atoms with Crippen LogP contribution in [0.1, 0.15) is 79.2 Å². The molecule has 44 heavy (non-hydrogen) atoms. The number of aliphatic carboxylic acids is 1. The van der Waals surface area contributed by atoms with Crippen molar-refractivity contribution >= 4 is 48.0 Å². The van der Waals surface area contributed by atoms with E-state index < -0.39 is 11.4 Å². The summed E-state index contributed by atoms with van der Waals surface area (Å²) in [5, 5.41) is 14.6. The number of hydrogen-bond donors (Lipinski definition) is 3. The zero-order chi connectivity index (χ0) is 33.1.